The first-order valence-corrected chi connectivity index (χ1v) is 7.84. The summed E-state index contributed by atoms with van der Waals surface area (Å²) < 4.78 is 0. The minimum Gasteiger partial charge on any atom is -0.393 e. The van der Waals surface area contributed by atoms with Crippen LogP contribution in [-0.2, 0) is 0 Å². The highest BCUT2D eigenvalue weighted by molar-refractivity contribution is 5.45. The first-order valence-electron chi connectivity index (χ1n) is 7.84. The molecule has 112 valence electrons. The van der Waals surface area contributed by atoms with E-state index in [0.717, 1.165) is 31.4 Å². The molecule has 0 saturated heterocycles. The van der Waals surface area contributed by atoms with Crippen molar-refractivity contribution >= 4 is 5.69 Å². The molecule has 2 aromatic rings. The van der Waals surface area contributed by atoms with Crippen LogP contribution in [0.1, 0.15) is 44.2 Å². The predicted molar refractivity (Wildman–Crippen MR) is 89.4 cm³/mol. The normalized spacial score (nSPS) is 13.6. The lowest BCUT2D eigenvalue weighted by Gasteiger charge is -2.23. The second kappa shape index (κ2) is 8.48. The molecule has 0 aliphatic heterocycles. The summed E-state index contributed by atoms with van der Waals surface area (Å²) in [5.41, 5.74) is 2.31. The van der Waals surface area contributed by atoms with Crippen LogP contribution >= 0.6 is 0 Å². The predicted octanol–water partition coefficient (Wildman–Crippen LogP) is 4.78. The van der Waals surface area contributed by atoms with Gasteiger partial charge in [0.05, 0.1) is 12.1 Å². The molecule has 0 heterocycles. The van der Waals surface area contributed by atoms with E-state index < -0.39 is 0 Å². The van der Waals surface area contributed by atoms with E-state index in [9.17, 15) is 5.11 Å². The van der Waals surface area contributed by atoms with Gasteiger partial charge < -0.3 is 10.4 Å². The zero-order chi connectivity index (χ0) is 14.9. The maximum atomic E-state index is 10.3. The van der Waals surface area contributed by atoms with Crippen LogP contribution < -0.4 is 5.32 Å². The van der Waals surface area contributed by atoms with Gasteiger partial charge in [0.1, 0.15) is 0 Å². The first kappa shape index (κ1) is 15.6. The fourth-order valence-corrected chi connectivity index (χ4v) is 2.53. The third-order valence-electron chi connectivity index (χ3n) is 3.72. The lowest BCUT2D eigenvalue weighted by molar-refractivity contribution is 0.145. The van der Waals surface area contributed by atoms with Gasteiger partial charge in [0.2, 0.25) is 0 Å². The van der Waals surface area contributed by atoms with E-state index in [-0.39, 0.29) is 12.1 Å². The number of rotatable bonds is 8. The zero-order valence-electron chi connectivity index (χ0n) is 12.7. The molecule has 2 aromatic carbocycles. The van der Waals surface area contributed by atoms with E-state index in [4.69, 9.17) is 0 Å². The van der Waals surface area contributed by atoms with Gasteiger partial charge in [-0.1, -0.05) is 68.3 Å². The van der Waals surface area contributed by atoms with E-state index in [2.05, 4.69) is 36.5 Å². The van der Waals surface area contributed by atoms with Crippen LogP contribution in [-0.4, -0.2) is 11.2 Å². The van der Waals surface area contributed by atoms with Gasteiger partial charge in [-0.15, -0.1) is 0 Å². The van der Waals surface area contributed by atoms with Gasteiger partial charge in [-0.2, -0.15) is 0 Å². The van der Waals surface area contributed by atoms with Crippen LogP contribution in [0.25, 0.3) is 0 Å². The highest BCUT2D eigenvalue weighted by Crippen LogP contribution is 2.25. The number of unbranched alkanes of at least 4 members (excludes halogenated alkanes) is 1. The smallest absolute Gasteiger partial charge is 0.0563 e. The SMILES string of the molecule is CCCC[C@H](O)C[C@@H](Nc1ccccc1)c1ccccc1. The summed E-state index contributed by atoms with van der Waals surface area (Å²) in [5, 5.41) is 13.8. The topological polar surface area (TPSA) is 32.3 Å². The van der Waals surface area contributed by atoms with Gasteiger partial charge in [0.25, 0.3) is 0 Å². The lowest BCUT2D eigenvalue weighted by Crippen LogP contribution is -2.18. The van der Waals surface area contributed by atoms with Crippen molar-refractivity contribution < 1.29 is 5.11 Å². The molecule has 0 spiro atoms. The molecule has 21 heavy (non-hydrogen) atoms. The number of hydrogen-bond acceptors (Lipinski definition) is 2. The molecular formula is C19H25NO. The fraction of sp³-hybridized carbons (Fsp3) is 0.368. The van der Waals surface area contributed by atoms with E-state index in [1.807, 2.05) is 36.4 Å². The third kappa shape index (κ3) is 5.24. The number of hydrogen-bond donors (Lipinski definition) is 2. The van der Waals surface area contributed by atoms with Crippen molar-refractivity contribution in [3.8, 4) is 0 Å². The Kier molecular flexibility index (Phi) is 6.29. The highest BCUT2D eigenvalue weighted by atomic mass is 16.3. The molecule has 0 unspecified atom stereocenters. The molecule has 2 N–H and O–H groups in total. The van der Waals surface area contributed by atoms with Crippen molar-refractivity contribution in [1.82, 2.24) is 0 Å². The number of nitrogens with one attached hydrogen (secondary N) is 1. The van der Waals surface area contributed by atoms with E-state index in [1.54, 1.807) is 0 Å². The largest absolute Gasteiger partial charge is 0.393 e. The van der Waals surface area contributed by atoms with Gasteiger partial charge >= 0.3 is 0 Å². The molecule has 0 bridgehead atoms. The third-order valence-corrected chi connectivity index (χ3v) is 3.72. The summed E-state index contributed by atoms with van der Waals surface area (Å²) in [6.07, 6.45) is 3.55. The molecule has 0 fully saturated rings. The van der Waals surface area contributed by atoms with Gasteiger partial charge in [-0.25, -0.2) is 0 Å². The van der Waals surface area contributed by atoms with Crippen molar-refractivity contribution in [1.29, 1.82) is 0 Å². The van der Waals surface area contributed by atoms with Crippen molar-refractivity contribution in [2.45, 2.75) is 44.8 Å². The van der Waals surface area contributed by atoms with E-state index >= 15 is 0 Å². The molecule has 0 saturated carbocycles. The van der Waals surface area contributed by atoms with Crippen LogP contribution in [0.5, 0.6) is 0 Å². The van der Waals surface area contributed by atoms with Crippen LogP contribution in [0.3, 0.4) is 0 Å². The summed E-state index contributed by atoms with van der Waals surface area (Å²) in [6, 6.07) is 20.7. The molecule has 0 aromatic heterocycles. The zero-order valence-corrected chi connectivity index (χ0v) is 12.7. The van der Waals surface area contributed by atoms with Crippen LogP contribution in [0.4, 0.5) is 5.69 Å². The Morgan fingerprint density at radius 2 is 1.57 bits per heavy atom. The van der Waals surface area contributed by atoms with Gasteiger partial charge in [0.15, 0.2) is 0 Å². The molecule has 2 heteroatoms. The molecule has 2 atom stereocenters. The Hall–Kier alpha value is -1.80. The lowest BCUT2D eigenvalue weighted by atomic mass is 9.97. The number of aliphatic hydroxyl groups excluding tert-OH is 1. The van der Waals surface area contributed by atoms with E-state index in [0.29, 0.717) is 0 Å². The monoisotopic (exact) mass is 283 g/mol. The number of aliphatic hydroxyl groups is 1. The molecular weight excluding hydrogens is 258 g/mol. The minimum absolute atomic E-state index is 0.139. The second-order valence-electron chi connectivity index (χ2n) is 5.51. The Morgan fingerprint density at radius 1 is 0.952 bits per heavy atom. The summed E-state index contributed by atoms with van der Waals surface area (Å²) in [5.74, 6) is 0. The standard InChI is InChI=1S/C19H25NO/c1-2-3-14-18(21)15-19(16-10-6-4-7-11-16)20-17-12-8-5-9-13-17/h4-13,18-21H,2-3,14-15H2,1H3/t18-,19+/m0/s1. The molecule has 0 aliphatic rings. The fourth-order valence-electron chi connectivity index (χ4n) is 2.53. The van der Waals surface area contributed by atoms with Crippen LogP contribution in [0, 0.1) is 0 Å². The summed E-state index contributed by atoms with van der Waals surface area (Å²) in [4.78, 5) is 0. The van der Waals surface area contributed by atoms with Gasteiger partial charge in [0, 0.05) is 5.69 Å². The van der Waals surface area contributed by atoms with Crippen molar-refractivity contribution in [3.63, 3.8) is 0 Å². The first-order chi connectivity index (χ1) is 10.3. The van der Waals surface area contributed by atoms with Crippen LogP contribution in [0.15, 0.2) is 60.7 Å². The molecule has 2 nitrogen and oxygen atoms in total. The van der Waals surface area contributed by atoms with Crippen molar-refractivity contribution in [2.24, 2.45) is 0 Å². The number of para-hydroxylation sites is 1. The molecule has 0 amide bonds. The average Bonchev–Trinajstić information content (AvgIpc) is 2.54. The Balaban J connectivity index is 2.07. The Bertz CT molecular complexity index is 497. The second-order valence-corrected chi connectivity index (χ2v) is 5.51. The van der Waals surface area contributed by atoms with Crippen LogP contribution in [0.2, 0.25) is 0 Å². The maximum absolute atomic E-state index is 10.3. The molecule has 2 rings (SSSR count). The maximum Gasteiger partial charge on any atom is 0.0563 e. The Morgan fingerprint density at radius 3 is 2.19 bits per heavy atom. The van der Waals surface area contributed by atoms with Gasteiger partial charge in [-0.05, 0) is 30.5 Å². The average molecular weight is 283 g/mol. The summed E-state index contributed by atoms with van der Waals surface area (Å²) in [7, 11) is 0. The number of anilines is 1. The minimum atomic E-state index is -0.258. The van der Waals surface area contributed by atoms with E-state index in [1.165, 1.54) is 5.56 Å². The van der Waals surface area contributed by atoms with Gasteiger partial charge in [-0.3, -0.25) is 0 Å². The number of benzene rings is 2. The van der Waals surface area contributed by atoms with Crippen molar-refractivity contribution in [2.75, 3.05) is 5.32 Å². The highest BCUT2D eigenvalue weighted by Gasteiger charge is 2.16. The molecule has 0 radical (unpaired) electrons. The quantitative estimate of drug-likeness (QED) is 0.730. The van der Waals surface area contributed by atoms with Crippen molar-refractivity contribution in [3.05, 3.63) is 66.2 Å². The summed E-state index contributed by atoms with van der Waals surface area (Å²) >= 11 is 0. The Labute approximate surface area is 127 Å². The summed E-state index contributed by atoms with van der Waals surface area (Å²) in [6.45, 7) is 2.16. The molecule has 0 aliphatic carbocycles.